The number of rotatable bonds is 6. The second kappa shape index (κ2) is 10.7. The summed E-state index contributed by atoms with van der Waals surface area (Å²) in [6, 6.07) is 14.8. The Morgan fingerprint density at radius 2 is 1.79 bits per heavy atom. The van der Waals surface area contributed by atoms with E-state index in [9.17, 15) is 14.7 Å². The van der Waals surface area contributed by atoms with Gasteiger partial charge in [0.2, 0.25) is 0 Å². The highest BCUT2D eigenvalue weighted by Gasteiger charge is 2.28. The molecule has 198 valence electrons. The minimum atomic E-state index is -0.268. The van der Waals surface area contributed by atoms with E-state index in [1.165, 1.54) is 0 Å². The summed E-state index contributed by atoms with van der Waals surface area (Å²) in [6.45, 7) is 2.33. The van der Waals surface area contributed by atoms with E-state index in [-0.39, 0.29) is 24.0 Å². The smallest absolute Gasteiger partial charge is 0.260 e. The third kappa shape index (κ3) is 5.02. The Morgan fingerprint density at radius 1 is 1.03 bits per heavy atom. The van der Waals surface area contributed by atoms with Crippen molar-refractivity contribution in [3.05, 3.63) is 65.9 Å². The summed E-state index contributed by atoms with van der Waals surface area (Å²) in [6.07, 6.45) is 4.37. The number of nitrogens with one attached hydrogen (secondary N) is 2. The molecule has 0 unspecified atom stereocenters. The molecule has 9 heteroatoms. The molecule has 1 aliphatic heterocycles. The number of pyridine rings is 1. The lowest BCUT2D eigenvalue weighted by atomic mass is 9.93. The number of aliphatic hydroxyl groups excluding tert-OH is 1. The van der Waals surface area contributed by atoms with E-state index in [0.717, 1.165) is 24.2 Å². The Hall–Kier alpha value is -4.11. The van der Waals surface area contributed by atoms with Crippen LogP contribution in [0.3, 0.4) is 0 Å². The Labute approximate surface area is 222 Å². The van der Waals surface area contributed by atoms with Crippen LogP contribution in [-0.2, 0) is 0 Å². The highest BCUT2D eigenvalue weighted by molar-refractivity contribution is 6.13. The maximum Gasteiger partial charge on any atom is 0.260 e. The quantitative estimate of drug-likeness (QED) is 0.440. The number of carbonyl (C=O) groups is 2. The van der Waals surface area contributed by atoms with Gasteiger partial charge in [-0.3, -0.25) is 9.59 Å². The summed E-state index contributed by atoms with van der Waals surface area (Å²) >= 11 is 0. The van der Waals surface area contributed by atoms with Gasteiger partial charge in [-0.25, -0.2) is 4.98 Å². The van der Waals surface area contributed by atoms with Crippen LogP contribution >= 0.6 is 0 Å². The lowest BCUT2D eigenvalue weighted by Gasteiger charge is -2.26. The van der Waals surface area contributed by atoms with Crippen molar-refractivity contribution in [1.29, 1.82) is 0 Å². The van der Waals surface area contributed by atoms with Gasteiger partial charge in [-0.15, -0.1) is 0 Å². The maximum absolute atomic E-state index is 13.1. The molecule has 0 radical (unpaired) electrons. The van der Waals surface area contributed by atoms with Gasteiger partial charge in [0.1, 0.15) is 11.6 Å². The molecule has 0 atom stereocenters. The summed E-state index contributed by atoms with van der Waals surface area (Å²) in [5.74, 6) is 0.873. The molecule has 38 heavy (non-hydrogen) atoms. The van der Waals surface area contributed by atoms with E-state index < -0.39 is 0 Å². The second-order valence-electron chi connectivity index (χ2n) is 9.75. The molecule has 2 amide bonds. The van der Waals surface area contributed by atoms with Crippen LogP contribution in [0.25, 0.3) is 0 Å². The summed E-state index contributed by atoms with van der Waals surface area (Å²) in [4.78, 5) is 34.1. The van der Waals surface area contributed by atoms with Crippen LogP contribution in [0.15, 0.2) is 54.7 Å². The fourth-order valence-corrected chi connectivity index (χ4v) is 5.07. The Balaban J connectivity index is 1.40. The van der Waals surface area contributed by atoms with Crippen molar-refractivity contribution in [2.24, 2.45) is 0 Å². The number of ether oxygens (including phenoxy) is 1. The normalized spacial score (nSPS) is 18.8. The van der Waals surface area contributed by atoms with Crippen molar-refractivity contribution >= 4 is 40.4 Å². The average Bonchev–Trinajstić information content (AvgIpc) is 3.00. The first-order valence-corrected chi connectivity index (χ1v) is 13.0. The summed E-state index contributed by atoms with van der Waals surface area (Å²) in [7, 11) is 3.68. The van der Waals surface area contributed by atoms with Gasteiger partial charge in [0.25, 0.3) is 11.8 Å². The molecule has 0 bridgehead atoms. The maximum atomic E-state index is 13.1. The standard InChI is InChI=1S/C29H33N5O4/c1-4-38-26-15-18(28(36)31-19-10-12-20(35)13-11-19)9-14-22(26)32-27-16-24-25(17-30-27)34(3)29(37)21-7-5-6-8-23(21)33(24)2/h5-9,14-17,19-20,35H,4,10-13H2,1-3H3,(H,30,32)(H,31,36). The van der Waals surface area contributed by atoms with Gasteiger partial charge < -0.3 is 30.3 Å². The second-order valence-corrected chi connectivity index (χ2v) is 9.75. The predicted octanol–water partition coefficient (Wildman–Crippen LogP) is 4.62. The summed E-state index contributed by atoms with van der Waals surface area (Å²) < 4.78 is 5.87. The number of amides is 2. The molecule has 0 saturated heterocycles. The molecule has 2 aliphatic rings. The van der Waals surface area contributed by atoms with Gasteiger partial charge in [-0.05, 0) is 62.9 Å². The molecule has 5 rings (SSSR count). The van der Waals surface area contributed by atoms with Crippen molar-refractivity contribution in [2.75, 3.05) is 35.8 Å². The third-order valence-corrected chi connectivity index (χ3v) is 7.22. The monoisotopic (exact) mass is 515 g/mol. The Kier molecular flexibility index (Phi) is 7.20. The van der Waals surface area contributed by atoms with Crippen LogP contribution in [-0.4, -0.2) is 54.8 Å². The van der Waals surface area contributed by atoms with Crippen LogP contribution in [0, 0.1) is 0 Å². The van der Waals surface area contributed by atoms with Crippen LogP contribution in [0.2, 0.25) is 0 Å². The summed E-state index contributed by atoms with van der Waals surface area (Å²) in [5, 5.41) is 16.1. The first-order chi connectivity index (χ1) is 18.4. The largest absolute Gasteiger partial charge is 0.492 e. The number of para-hydroxylation sites is 1. The average molecular weight is 516 g/mol. The van der Waals surface area contributed by atoms with Crippen molar-refractivity contribution in [2.45, 2.75) is 44.8 Å². The number of aromatic nitrogens is 1. The molecule has 1 fully saturated rings. The lowest BCUT2D eigenvalue weighted by Crippen LogP contribution is -2.38. The SMILES string of the molecule is CCOc1cc(C(=O)NC2CCC(O)CC2)ccc1Nc1cc2c(cn1)N(C)C(=O)c1ccccc1N2C. The van der Waals surface area contributed by atoms with Gasteiger partial charge >= 0.3 is 0 Å². The number of benzene rings is 2. The number of nitrogens with zero attached hydrogens (tertiary/aromatic N) is 3. The number of fused-ring (bicyclic) bond motifs is 2. The van der Waals surface area contributed by atoms with Gasteiger partial charge in [0.15, 0.2) is 0 Å². The molecule has 2 aromatic carbocycles. The molecular formula is C29H33N5O4. The van der Waals surface area contributed by atoms with Crippen LogP contribution in [0.5, 0.6) is 5.75 Å². The van der Waals surface area contributed by atoms with E-state index in [1.807, 2.05) is 55.3 Å². The molecule has 0 spiro atoms. The minimum Gasteiger partial charge on any atom is -0.492 e. The van der Waals surface area contributed by atoms with Crippen LogP contribution < -0.4 is 25.2 Å². The summed E-state index contributed by atoms with van der Waals surface area (Å²) in [5.41, 5.74) is 4.16. The van der Waals surface area contributed by atoms with Gasteiger partial charge in [0.05, 0.1) is 47.2 Å². The first-order valence-electron chi connectivity index (χ1n) is 13.0. The predicted molar refractivity (Wildman–Crippen MR) is 148 cm³/mol. The number of carbonyl (C=O) groups excluding carboxylic acids is 2. The number of hydrogen-bond acceptors (Lipinski definition) is 7. The fourth-order valence-electron chi connectivity index (χ4n) is 5.07. The van der Waals surface area contributed by atoms with E-state index in [0.29, 0.717) is 53.5 Å². The van der Waals surface area contributed by atoms with Crippen molar-refractivity contribution in [1.82, 2.24) is 10.3 Å². The molecule has 3 N–H and O–H groups in total. The van der Waals surface area contributed by atoms with E-state index in [1.54, 1.807) is 30.3 Å². The Bertz CT molecular complexity index is 1350. The zero-order chi connectivity index (χ0) is 26.8. The number of anilines is 5. The van der Waals surface area contributed by atoms with Crippen LogP contribution in [0.1, 0.15) is 53.3 Å². The fraction of sp³-hybridized carbons (Fsp3) is 0.345. The van der Waals surface area contributed by atoms with Gasteiger partial charge in [-0.2, -0.15) is 0 Å². The third-order valence-electron chi connectivity index (χ3n) is 7.22. The molecular weight excluding hydrogens is 482 g/mol. The van der Waals surface area contributed by atoms with E-state index in [2.05, 4.69) is 15.6 Å². The molecule has 1 saturated carbocycles. The molecule has 2 heterocycles. The molecule has 1 aromatic heterocycles. The van der Waals surface area contributed by atoms with Crippen molar-refractivity contribution < 1.29 is 19.4 Å². The zero-order valence-corrected chi connectivity index (χ0v) is 21.9. The number of aliphatic hydroxyl groups is 1. The molecule has 1 aliphatic carbocycles. The first kappa shape index (κ1) is 25.5. The topological polar surface area (TPSA) is 107 Å². The van der Waals surface area contributed by atoms with Gasteiger partial charge in [-0.1, -0.05) is 12.1 Å². The molecule has 9 nitrogen and oxygen atoms in total. The highest BCUT2D eigenvalue weighted by Crippen LogP contribution is 2.40. The van der Waals surface area contributed by atoms with E-state index >= 15 is 0 Å². The number of hydrogen-bond donors (Lipinski definition) is 3. The van der Waals surface area contributed by atoms with Gasteiger partial charge in [0, 0.05) is 31.8 Å². The zero-order valence-electron chi connectivity index (χ0n) is 21.9. The van der Waals surface area contributed by atoms with E-state index in [4.69, 9.17) is 4.74 Å². The van der Waals surface area contributed by atoms with Crippen molar-refractivity contribution in [3.8, 4) is 5.75 Å². The van der Waals surface area contributed by atoms with Crippen molar-refractivity contribution in [3.63, 3.8) is 0 Å². The molecule has 3 aromatic rings. The Morgan fingerprint density at radius 3 is 2.55 bits per heavy atom. The highest BCUT2D eigenvalue weighted by atomic mass is 16.5. The lowest BCUT2D eigenvalue weighted by molar-refractivity contribution is 0.0867. The van der Waals surface area contributed by atoms with Crippen LogP contribution in [0.4, 0.5) is 28.6 Å². The minimum absolute atomic E-state index is 0.0650.